The van der Waals surface area contributed by atoms with Gasteiger partial charge in [0.15, 0.2) is 11.5 Å². The molecule has 39 heavy (non-hydrogen) atoms. The van der Waals surface area contributed by atoms with E-state index in [0.717, 1.165) is 0 Å². The fourth-order valence-electron chi connectivity index (χ4n) is 3.17. The van der Waals surface area contributed by atoms with Crippen molar-refractivity contribution in [1.29, 1.82) is 0 Å². The third-order valence-electron chi connectivity index (χ3n) is 5.01. The zero-order valence-corrected chi connectivity index (χ0v) is 23.8. The Morgan fingerprint density at radius 1 is 1.26 bits per heavy atom. The van der Waals surface area contributed by atoms with Crippen molar-refractivity contribution < 1.29 is 32.8 Å². The number of halogens is 2. The average Bonchev–Trinajstić information content (AvgIpc) is 3.26. The predicted octanol–water partition coefficient (Wildman–Crippen LogP) is 2.48. The minimum atomic E-state index is -3.50. The summed E-state index contributed by atoms with van der Waals surface area (Å²) in [4.78, 5) is 24.5. The Kier molecular flexibility index (Phi) is 10.8. The first-order valence-corrected chi connectivity index (χ1v) is 14.7. The highest BCUT2D eigenvalue weighted by Gasteiger charge is 2.33. The van der Waals surface area contributed by atoms with Crippen LogP contribution >= 0.6 is 18.2 Å². The monoisotopic (exact) mass is 605 g/mol. The Morgan fingerprint density at radius 2 is 1.95 bits per heavy atom. The van der Waals surface area contributed by atoms with E-state index in [1.165, 1.54) is 17.8 Å². The van der Waals surface area contributed by atoms with E-state index < -0.39 is 43.1 Å². The van der Waals surface area contributed by atoms with Crippen LogP contribution in [0.4, 0.5) is 16.2 Å². The van der Waals surface area contributed by atoms with Gasteiger partial charge in [-0.1, -0.05) is 29.8 Å². The van der Waals surface area contributed by atoms with E-state index in [1.807, 2.05) is 0 Å². The smallest absolute Gasteiger partial charge is 0.323 e. The molecule has 0 radical (unpaired) electrons. The Balaban J connectivity index is 1.79. The number of carbonyl (C=O) groups is 1. The van der Waals surface area contributed by atoms with Gasteiger partial charge in [-0.05, 0) is 44.7 Å². The van der Waals surface area contributed by atoms with Crippen LogP contribution in [0.3, 0.4) is 0 Å². The van der Waals surface area contributed by atoms with Crippen molar-refractivity contribution in [2.75, 3.05) is 18.1 Å². The number of aromatic nitrogens is 4. The van der Waals surface area contributed by atoms with Gasteiger partial charge in [0.05, 0.1) is 19.0 Å². The van der Waals surface area contributed by atoms with E-state index in [9.17, 15) is 14.3 Å². The van der Waals surface area contributed by atoms with E-state index in [1.54, 1.807) is 44.2 Å². The van der Waals surface area contributed by atoms with Gasteiger partial charge >= 0.3 is 12.6 Å². The van der Waals surface area contributed by atoms with Crippen LogP contribution in [0.25, 0.3) is 11.2 Å². The number of fused-ring (bicyclic) bond motifs is 1. The number of nitrogens with one attached hydrogen (secondary N) is 1. The molecule has 6 N–H and O–H groups in total. The number of carbonyl (C=O) groups excluding carboxylic acids is 1. The molecule has 0 spiro atoms. The summed E-state index contributed by atoms with van der Waals surface area (Å²) < 4.78 is 38.1. The normalized spacial score (nSPS) is 16.4. The molecular weight excluding hydrogens is 576 g/mol. The van der Waals surface area contributed by atoms with Crippen molar-refractivity contribution in [2.24, 2.45) is 0 Å². The highest BCUT2D eigenvalue weighted by molar-refractivity contribution is 8.09. The number of aliphatic hydroxyl groups excluding tert-OH is 1. The lowest BCUT2D eigenvalue weighted by Gasteiger charge is -2.30. The average molecular weight is 606 g/mol. The number of rotatable bonds is 14. The molecule has 1 aromatic carbocycles. The van der Waals surface area contributed by atoms with Gasteiger partial charge in [-0.3, -0.25) is 9.36 Å². The molecule has 0 bridgehead atoms. The first-order chi connectivity index (χ1) is 18.4. The molecule has 5 atom stereocenters. The summed E-state index contributed by atoms with van der Waals surface area (Å²) in [7, 11) is 0. The number of anilines is 2. The van der Waals surface area contributed by atoms with E-state index in [-0.39, 0.29) is 35.8 Å². The number of nitrogens with two attached hydrogens (primary N) is 2. The van der Waals surface area contributed by atoms with Crippen LogP contribution in [0.2, 0.25) is 0 Å². The molecule has 0 aliphatic heterocycles. The molecule has 13 nitrogen and oxygen atoms in total. The lowest BCUT2D eigenvalue weighted by atomic mass is 10.2. The first-order valence-electron chi connectivity index (χ1n) is 11.7. The van der Waals surface area contributed by atoms with Gasteiger partial charge in [0.25, 0.3) is 0 Å². The number of imidazole rings is 1. The summed E-state index contributed by atoms with van der Waals surface area (Å²) in [5.74, 6) is -0.238. The molecule has 0 aliphatic rings. The number of benzene rings is 1. The van der Waals surface area contributed by atoms with Gasteiger partial charge in [0, 0.05) is 0 Å². The van der Waals surface area contributed by atoms with E-state index in [2.05, 4.69) is 20.0 Å². The SMILES string of the molecule is CC(C)OC(=O)C(C)NP(=S)(OCC(OCn1cnc2c(N)nc(N)nc21)C(O)C(F)Cl)Oc1ccccc1. The van der Waals surface area contributed by atoms with Crippen LogP contribution < -0.4 is 21.1 Å². The minimum absolute atomic E-state index is 0.0655. The predicted molar refractivity (Wildman–Crippen MR) is 147 cm³/mol. The van der Waals surface area contributed by atoms with Crippen molar-refractivity contribution in [3.63, 3.8) is 0 Å². The fraction of sp³-hybridized carbons (Fsp3) is 0.455. The summed E-state index contributed by atoms with van der Waals surface area (Å²) in [5.41, 5.74) is 9.83. The third kappa shape index (κ3) is 8.67. The van der Waals surface area contributed by atoms with Crippen LogP contribution in [0.15, 0.2) is 36.7 Å². The van der Waals surface area contributed by atoms with Gasteiger partial charge < -0.3 is 35.1 Å². The van der Waals surface area contributed by atoms with Crippen molar-refractivity contribution in [1.82, 2.24) is 24.6 Å². The standard InChI is InChI=1S/C22H30ClFN7O6PS/c1-12(2)36-21(33)13(3)30-38(39,37-14-7-5-4-6-8-14)35-9-15(17(32)18(23)24)34-11-31-10-27-16-19(25)28-22(26)29-20(16)31/h4-8,10,12-13,15,17-18,32H,9,11H2,1-3H3,(H,30,39)(H4,25,26,28,29). The number of esters is 1. The van der Waals surface area contributed by atoms with E-state index in [4.69, 9.17) is 53.4 Å². The maximum atomic E-state index is 14.0. The summed E-state index contributed by atoms with van der Waals surface area (Å²) in [6.45, 7) is 0.708. The van der Waals surface area contributed by atoms with Gasteiger partial charge in [0.2, 0.25) is 11.6 Å². The zero-order valence-electron chi connectivity index (χ0n) is 21.3. The molecule has 0 amide bonds. The molecular formula is C22H30ClFN7O6PS. The highest BCUT2D eigenvalue weighted by Crippen LogP contribution is 2.45. The fourth-order valence-corrected chi connectivity index (χ4v) is 5.75. The molecule has 3 rings (SSSR count). The summed E-state index contributed by atoms with van der Waals surface area (Å²) in [6.07, 6.45) is -2.16. The molecule has 2 heterocycles. The minimum Gasteiger partial charge on any atom is -0.462 e. The molecule has 3 aromatic rings. The molecule has 0 saturated heterocycles. The largest absolute Gasteiger partial charge is 0.462 e. The maximum absolute atomic E-state index is 14.0. The third-order valence-corrected chi connectivity index (χ3v) is 7.77. The molecule has 17 heteroatoms. The Morgan fingerprint density at radius 3 is 2.59 bits per heavy atom. The van der Waals surface area contributed by atoms with Crippen LogP contribution in [-0.4, -0.2) is 67.2 Å². The molecule has 214 valence electrons. The number of para-hydroxylation sites is 1. The molecule has 5 unspecified atom stereocenters. The Labute approximate surface area is 234 Å². The molecule has 2 aromatic heterocycles. The first kappa shape index (κ1) is 30.9. The lowest BCUT2D eigenvalue weighted by molar-refractivity contribution is -0.149. The van der Waals surface area contributed by atoms with Gasteiger partial charge in [-0.25, -0.2) is 14.5 Å². The molecule has 0 aliphatic carbocycles. The van der Waals surface area contributed by atoms with Gasteiger partial charge in [0.1, 0.15) is 36.2 Å². The van der Waals surface area contributed by atoms with Crippen LogP contribution in [0.5, 0.6) is 5.75 Å². The zero-order chi connectivity index (χ0) is 28.7. The second-order valence-corrected chi connectivity index (χ2v) is 12.1. The van der Waals surface area contributed by atoms with Gasteiger partial charge in [-0.15, -0.1) is 0 Å². The number of nitrogen functional groups attached to an aromatic ring is 2. The quantitative estimate of drug-likeness (QED) is 0.120. The number of nitrogens with zero attached hydrogens (tertiary/aromatic N) is 4. The number of hydrogen-bond donors (Lipinski definition) is 4. The molecule has 0 saturated carbocycles. The van der Waals surface area contributed by atoms with Crippen molar-refractivity contribution >= 4 is 58.9 Å². The molecule has 0 fully saturated rings. The van der Waals surface area contributed by atoms with Gasteiger partial charge in [-0.2, -0.15) is 9.97 Å². The summed E-state index contributed by atoms with van der Waals surface area (Å²) in [5, 5.41) is 13.3. The van der Waals surface area contributed by atoms with Crippen molar-refractivity contribution in [2.45, 2.75) is 57.5 Å². The number of hydrogen-bond acceptors (Lipinski definition) is 12. The number of aliphatic hydroxyl groups is 1. The highest BCUT2D eigenvalue weighted by atomic mass is 35.5. The van der Waals surface area contributed by atoms with Crippen molar-refractivity contribution in [3.05, 3.63) is 36.7 Å². The topological polar surface area (TPSA) is 182 Å². The Bertz CT molecular complexity index is 1300. The number of alkyl halides is 2. The van der Waals surface area contributed by atoms with E-state index >= 15 is 0 Å². The van der Waals surface area contributed by atoms with Crippen LogP contribution in [0, 0.1) is 0 Å². The lowest BCUT2D eigenvalue weighted by Crippen LogP contribution is -2.40. The Hall–Kier alpha value is -2.65. The van der Waals surface area contributed by atoms with Crippen LogP contribution in [-0.2, 0) is 37.3 Å². The second-order valence-electron chi connectivity index (χ2n) is 8.55. The summed E-state index contributed by atoms with van der Waals surface area (Å²) >= 11 is 11.2. The second kappa shape index (κ2) is 13.6. The number of ether oxygens (including phenoxy) is 2. The van der Waals surface area contributed by atoms with E-state index in [0.29, 0.717) is 5.75 Å². The van der Waals surface area contributed by atoms with Crippen LogP contribution in [0.1, 0.15) is 20.8 Å². The van der Waals surface area contributed by atoms with Crippen molar-refractivity contribution in [3.8, 4) is 5.75 Å². The maximum Gasteiger partial charge on any atom is 0.323 e. The summed E-state index contributed by atoms with van der Waals surface area (Å²) in [6, 6.07) is 7.60.